The Morgan fingerprint density at radius 2 is 2.14 bits per heavy atom. The van der Waals surface area contributed by atoms with E-state index in [0.717, 1.165) is 10.6 Å². The van der Waals surface area contributed by atoms with Crippen LogP contribution in [0.1, 0.15) is 13.8 Å². The topological polar surface area (TPSA) is 0 Å². The minimum Gasteiger partial charge on any atom is -0.174 e. The second kappa shape index (κ2) is 3.44. The van der Waals surface area contributed by atoms with Gasteiger partial charge in [-0.15, -0.1) is 0 Å². The highest BCUT2D eigenvalue weighted by molar-refractivity contribution is 7.86. The number of thiocarbonyl (C=S) groups is 1. The Labute approximate surface area is 55.7 Å². The van der Waals surface area contributed by atoms with E-state index in [1.165, 1.54) is 0 Å². The molecule has 0 aromatic carbocycles. The van der Waals surface area contributed by atoms with Gasteiger partial charge in [0, 0.05) is 10.6 Å². The summed E-state index contributed by atoms with van der Waals surface area (Å²) in [6.45, 7) is 4.16. The lowest BCUT2D eigenvalue weighted by Gasteiger charge is -1.99. The van der Waals surface area contributed by atoms with Crippen molar-refractivity contribution in [2.45, 2.75) is 13.8 Å². The number of hydrogen-bond acceptors (Lipinski definition) is 2. The molecule has 0 aliphatic heterocycles. The first-order valence-corrected chi connectivity index (χ1v) is 3.36. The molecule has 0 aliphatic carbocycles. The fraction of sp³-hybridized carbons (Fsp3) is 0.800. The molecule has 2 heteroatoms. The second-order valence-corrected chi connectivity index (χ2v) is 2.62. The first-order chi connectivity index (χ1) is 3.18. The first-order valence-electron chi connectivity index (χ1n) is 2.32. The van der Waals surface area contributed by atoms with Gasteiger partial charge in [0.05, 0.1) is 0 Å². The quantitative estimate of drug-likeness (QED) is 0.445. The van der Waals surface area contributed by atoms with Crippen LogP contribution in [0.25, 0.3) is 0 Å². The molecular formula is C5H10S2. The van der Waals surface area contributed by atoms with Crippen LogP contribution in [-0.4, -0.2) is 10.6 Å². The highest BCUT2D eigenvalue weighted by atomic mass is 32.1. The Morgan fingerprint density at radius 1 is 1.71 bits per heavy atom. The fourth-order valence-electron chi connectivity index (χ4n) is 0.183. The van der Waals surface area contributed by atoms with Crippen LogP contribution in [0.4, 0.5) is 0 Å². The second-order valence-electron chi connectivity index (χ2n) is 1.78. The third kappa shape index (κ3) is 3.06. The Bertz CT molecular complexity index is 66.5. The minimum atomic E-state index is 0.521. The van der Waals surface area contributed by atoms with Gasteiger partial charge in [-0.1, -0.05) is 26.1 Å². The van der Waals surface area contributed by atoms with Crippen LogP contribution in [0.3, 0.4) is 0 Å². The van der Waals surface area contributed by atoms with E-state index in [1.807, 2.05) is 0 Å². The van der Waals surface area contributed by atoms with E-state index in [0.29, 0.717) is 5.92 Å². The molecule has 0 aromatic rings. The van der Waals surface area contributed by atoms with Gasteiger partial charge in [0.1, 0.15) is 0 Å². The molecule has 0 amide bonds. The van der Waals surface area contributed by atoms with Gasteiger partial charge in [0.15, 0.2) is 0 Å². The summed E-state index contributed by atoms with van der Waals surface area (Å²) in [5.74, 6) is 1.26. The summed E-state index contributed by atoms with van der Waals surface area (Å²) in [5.41, 5.74) is 0. The molecular weight excluding hydrogens is 124 g/mol. The molecule has 0 radical (unpaired) electrons. The molecule has 0 rings (SSSR count). The highest BCUT2D eigenvalue weighted by Gasteiger charge is 1.96. The summed E-state index contributed by atoms with van der Waals surface area (Å²) >= 11 is 8.92. The van der Waals surface area contributed by atoms with E-state index < -0.39 is 0 Å². The zero-order valence-electron chi connectivity index (χ0n) is 4.64. The first kappa shape index (κ1) is 7.44. The van der Waals surface area contributed by atoms with Crippen LogP contribution >= 0.6 is 24.8 Å². The van der Waals surface area contributed by atoms with Crippen molar-refractivity contribution >= 4 is 29.7 Å². The predicted octanol–water partition coefficient (Wildman–Crippen LogP) is 1.94. The summed E-state index contributed by atoms with van der Waals surface area (Å²) in [5, 5.41) is 0. The smallest absolute Gasteiger partial charge is 0.0220 e. The average Bonchev–Trinajstić information content (AvgIpc) is 1.65. The molecule has 0 aromatic heterocycles. The van der Waals surface area contributed by atoms with Crippen molar-refractivity contribution in [1.29, 1.82) is 0 Å². The molecule has 0 saturated carbocycles. The van der Waals surface area contributed by atoms with E-state index in [9.17, 15) is 0 Å². The van der Waals surface area contributed by atoms with Crippen molar-refractivity contribution in [2.24, 2.45) is 5.92 Å². The highest BCUT2D eigenvalue weighted by Crippen LogP contribution is 1.97. The zero-order valence-corrected chi connectivity index (χ0v) is 6.35. The minimum absolute atomic E-state index is 0.521. The molecule has 0 heterocycles. The SMILES string of the molecule is CC(C)C(=S)CS. The third-order valence-electron chi connectivity index (χ3n) is 0.800. The lowest BCUT2D eigenvalue weighted by molar-refractivity contribution is 0.898. The van der Waals surface area contributed by atoms with Crippen molar-refractivity contribution in [3.05, 3.63) is 0 Å². The summed E-state index contributed by atoms with van der Waals surface area (Å²) < 4.78 is 0. The van der Waals surface area contributed by atoms with E-state index in [1.54, 1.807) is 0 Å². The van der Waals surface area contributed by atoms with Crippen molar-refractivity contribution in [1.82, 2.24) is 0 Å². The third-order valence-corrected chi connectivity index (χ3v) is 1.97. The van der Waals surface area contributed by atoms with Crippen LogP contribution in [0.2, 0.25) is 0 Å². The van der Waals surface area contributed by atoms with Crippen molar-refractivity contribution in [3.8, 4) is 0 Å². The van der Waals surface area contributed by atoms with Crippen molar-refractivity contribution < 1.29 is 0 Å². The average molecular weight is 134 g/mol. The van der Waals surface area contributed by atoms with Gasteiger partial charge in [-0.2, -0.15) is 12.6 Å². The molecule has 42 valence electrons. The monoisotopic (exact) mass is 134 g/mol. The van der Waals surface area contributed by atoms with Gasteiger partial charge in [-0.3, -0.25) is 0 Å². The van der Waals surface area contributed by atoms with Gasteiger partial charge in [-0.05, 0) is 5.92 Å². The molecule has 0 spiro atoms. The molecule has 0 bridgehead atoms. The molecule has 0 nitrogen and oxygen atoms in total. The molecule has 0 fully saturated rings. The maximum absolute atomic E-state index is 4.90. The number of rotatable bonds is 2. The van der Waals surface area contributed by atoms with Crippen LogP contribution in [0, 0.1) is 5.92 Å². The maximum atomic E-state index is 4.90. The maximum Gasteiger partial charge on any atom is 0.0220 e. The van der Waals surface area contributed by atoms with Crippen molar-refractivity contribution in [2.75, 3.05) is 5.75 Å². The van der Waals surface area contributed by atoms with E-state index in [4.69, 9.17) is 12.2 Å². The lowest BCUT2D eigenvalue weighted by atomic mass is 10.2. The van der Waals surface area contributed by atoms with Crippen LogP contribution in [0.15, 0.2) is 0 Å². The molecule has 0 aliphatic rings. The van der Waals surface area contributed by atoms with Gasteiger partial charge in [0.25, 0.3) is 0 Å². The standard InChI is InChI=1S/C5H10S2/c1-4(2)5(7)3-6/h4,6H,3H2,1-2H3. The Hall–Kier alpha value is 0.440. The van der Waals surface area contributed by atoms with Gasteiger partial charge in [0.2, 0.25) is 0 Å². The van der Waals surface area contributed by atoms with Crippen LogP contribution in [-0.2, 0) is 0 Å². The summed E-state index contributed by atoms with van der Waals surface area (Å²) in [7, 11) is 0. The molecule has 0 N–H and O–H groups in total. The largest absolute Gasteiger partial charge is 0.174 e. The lowest BCUT2D eigenvalue weighted by Crippen LogP contribution is -2.04. The van der Waals surface area contributed by atoms with E-state index >= 15 is 0 Å². The Kier molecular flexibility index (Phi) is 3.66. The van der Waals surface area contributed by atoms with Gasteiger partial charge in [-0.25, -0.2) is 0 Å². The normalized spacial score (nSPS) is 9.71. The Morgan fingerprint density at radius 3 is 2.14 bits per heavy atom. The zero-order chi connectivity index (χ0) is 5.86. The van der Waals surface area contributed by atoms with Gasteiger partial charge >= 0.3 is 0 Å². The molecule has 0 unspecified atom stereocenters. The van der Waals surface area contributed by atoms with Crippen LogP contribution < -0.4 is 0 Å². The van der Waals surface area contributed by atoms with Gasteiger partial charge < -0.3 is 0 Å². The predicted molar refractivity (Wildman–Crippen MR) is 41.3 cm³/mol. The molecule has 7 heavy (non-hydrogen) atoms. The number of thiol groups is 1. The Balaban J connectivity index is 3.35. The summed E-state index contributed by atoms with van der Waals surface area (Å²) in [4.78, 5) is 1.04. The van der Waals surface area contributed by atoms with E-state index in [2.05, 4.69) is 26.5 Å². The fourth-order valence-corrected chi connectivity index (χ4v) is 0.548. The summed E-state index contributed by atoms with van der Waals surface area (Å²) in [6.07, 6.45) is 0. The molecule has 0 atom stereocenters. The summed E-state index contributed by atoms with van der Waals surface area (Å²) in [6, 6.07) is 0. The van der Waals surface area contributed by atoms with Crippen LogP contribution in [0.5, 0.6) is 0 Å². The molecule has 0 saturated heterocycles. The van der Waals surface area contributed by atoms with Crippen molar-refractivity contribution in [3.63, 3.8) is 0 Å². The van der Waals surface area contributed by atoms with E-state index in [-0.39, 0.29) is 0 Å². The number of hydrogen-bond donors (Lipinski definition) is 1.